The Morgan fingerprint density at radius 1 is 0.857 bits per heavy atom. The Labute approximate surface area is 209 Å². The summed E-state index contributed by atoms with van der Waals surface area (Å²) in [6.07, 6.45) is -0.574. The van der Waals surface area contributed by atoms with Gasteiger partial charge in [-0.05, 0) is 69.5 Å². The summed E-state index contributed by atoms with van der Waals surface area (Å²) in [6.45, 7) is 9.53. The Kier molecular flexibility index (Phi) is 9.61. The molecular weight excluding hydrogens is 438 g/mol. The molecule has 0 amide bonds. The summed E-state index contributed by atoms with van der Waals surface area (Å²) in [5.74, 6) is -0.386. The van der Waals surface area contributed by atoms with E-state index < -0.39 is 12.1 Å². The summed E-state index contributed by atoms with van der Waals surface area (Å²) >= 11 is 0. The van der Waals surface area contributed by atoms with Crippen molar-refractivity contribution in [2.75, 3.05) is 6.54 Å². The molecule has 0 aliphatic rings. The maximum absolute atomic E-state index is 12.9. The van der Waals surface area contributed by atoms with Crippen molar-refractivity contribution in [1.29, 1.82) is 0 Å². The number of ether oxygens (including phenoxy) is 1. The highest BCUT2D eigenvalue weighted by Gasteiger charge is 2.25. The van der Waals surface area contributed by atoms with Gasteiger partial charge in [0, 0.05) is 23.6 Å². The first-order chi connectivity index (χ1) is 16.8. The molecule has 5 nitrogen and oxygen atoms in total. The molecule has 186 valence electrons. The molecular formula is C30H37NO4. The zero-order valence-corrected chi connectivity index (χ0v) is 21.1. The summed E-state index contributed by atoms with van der Waals surface area (Å²) < 4.78 is 5.78. The average Bonchev–Trinajstić information content (AvgIpc) is 2.87. The van der Waals surface area contributed by atoms with E-state index in [2.05, 4.69) is 44.7 Å². The molecule has 3 aromatic carbocycles. The molecule has 3 aromatic rings. The number of hydrogen-bond donors (Lipinski definition) is 2. The van der Waals surface area contributed by atoms with E-state index in [4.69, 9.17) is 4.74 Å². The highest BCUT2D eigenvalue weighted by Crippen LogP contribution is 2.36. The van der Waals surface area contributed by atoms with Crippen LogP contribution in [0.3, 0.4) is 0 Å². The molecule has 2 atom stereocenters. The molecule has 0 radical (unpaired) electrons. The van der Waals surface area contributed by atoms with E-state index in [9.17, 15) is 15.0 Å². The van der Waals surface area contributed by atoms with E-state index >= 15 is 0 Å². The van der Waals surface area contributed by atoms with Crippen molar-refractivity contribution in [1.82, 2.24) is 4.90 Å². The number of esters is 1. The van der Waals surface area contributed by atoms with Crippen LogP contribution < -0.4 is 4.74 Å². The number of hydrogen-bond acceptors (Lipinski definition) is 5. The Balaban J connectivity index is 1.97. The monoisotopic (exact) mass is 475 g/mol. The van der Waals surface area contributed by atoms with Crippen molar-refractivity contribution < 1.29 is 19.7 Å². The maximum atomic E-state index is 12.9. The Bertz CT molecular complexity index is 1060. The first-order valence-corrected chi connectivity index (χ1v) is 12.3. The van der Waals surface area contributed by atoms with Gasteiger partial charge in [0.2, 0.25) is 0 Å². The van der Waals surface area contributed by atoms with Crippen LogP contribution >= 0.6 is 0 Å². The maximum Gasteiger partial charge on any atom is 0.345 e. The number of rotatable bonds is 11. The Hall–Kier alpha value is -2.99. The van der Waals surface area contributed by atoms with E-state index in [0.29, 0.717) is 23.4 Å². The molecule has 0 aromatic heterocycles. The van der Waals surface area contributed by atoms with Crippen LogP contribution in [-0.4, -0.2) is 39.7 Å². The van der Waals surface area contributed by atoms with Gasteiger partial charge in [0.05, 0.1) is 6.61 Å². The molecule has 0 fully saturated rings. The van der Waals surface area contributed by atoms with Crippen LogP contribution in [0.25, 0.3) is 0 Å². The summed E-state index contributed by atoms with van der Waals surface area (Å²) in [4.78, 5) is 15.3. The fourth-order valence-corrected chi connectivity index (χ4v) is 4.58. The van der Waals surface area contributed by atoms with Gasteiger partial charge in [-0.1, -0.05) is 66.7 Å². The van der Waals surface area contributed by atoms with Gasteiger partial charge in [0.1, 0.15) is 5.75 Å². The third kappa shape index (κ3) is 7.01. The number of aliphatic hydroxyl groups excluding tert-OH is 2. The van der Waals surface area contributed by atoms with Crippen LogP contribution in [-0.2, 0) is 11.4 Å². The lowest BCUT2D eigenvalue weighted by molar-refractivity contribution is -0.144. The minimum atomic E-state index is -1.38. The van der Waals surface area contributed by atoms with Crippen LogP contribution in [0.15, 0.2) is 78.9 Å². The minimum Gasteiger partial charge on any atom is -0.424 e. The largest absolute Gasteiger partial charge is 0.424 e. The molecule has 3 rings (SSSR count). The van der Waals surface area contributed by atoms with Gasteiger partial charge in [0.15, 0.2) is 6.10 Å². The van der Waals surface area contributed by atoms with Gasteiger partial charge in [-0.15, -0.1) is 0 Å². The zero-order chi connectivity index (χ0) is 25.4. The normalized spacial score (nSPS) is 13.3. The SMILES string of the molecule is CC(C)N(CC[C@@H](c1ccccc1)c1cc(CO)ccc1OC(=O)[C@H](O)c1ccccc1)C(C)C. The lowest BCUT2D eigenvalue weighted by Gasteiger charge is -2.32. The molecule has 0 spiro atoms. The quantitative estimate of drug-likeness (QED) is 0.285. The lowest BCUT2D eigenvalue weighted by Crippen LogP contribution is -2.38. The number of nitrogens with zero attached hydrogens (tertiary/aromatic N) is 1. The molecule has 0 unspecified atom stereocenters. The van der Waals surface area contributed by atoms with Crippen molar-refractivity contribution >= 4 is 5.97 Å². The van der Waals surface area contributed by atoms with E-state index in [1.807, 2.05) is 30.3 Å². The standard InChI is InChI=1S/C30H37NO4/c1-21(2)31(22(3)4)18-17-26(24-11-7-5-8-12-24)27-19-23(20-32)15-16-28(27)35-30(34)29(33)25-13-9-6-10-14-25/h5-16,19,21-22,26,29,32-33H,17-18,20H2,1-4H3/t26-,29+/m0/s1. The fourth-order valence-electron chi connectivity index (χ4n) is 4.58. The first-order valence-electron chi connectivity index (χ1n) is 12.3. The van der Waals surface area contributed by atoms with Gasteiger partial charge >= 0.3 is 5.97 Å². The third-order valence-corrected chi connectivity index (χ3v) is 6.39. The van der Waals surface area contributed by atoms with Crippen LogP contribution in [0.5, 0.6) is 5.75 Å². The first kappa shape index (κ1) is 26.6. The van der Waals surface area contributed by atoms with Gasteiger partial charge < -0.3 is 14.9 Å². The van der Waals surface area contributed by atoms with Crippen LogP contribution in [0.1, 0.15) is 68.4 Å². The zero-order valence-electron chi connectivity index (χ0n) is 21.1. The summed E-state index contributed by atoms with van der Waals surface area (Å²) in [5, 5.41) is 20.4. The number of benzene rings is 3. The molecule has 0 saturated heterocycles. The smallest absolute Gasteiger partial charge is 0.345 e. The number of aliphatic hydroxyl groups is 2. The highest BCUT2D eigenvalue weighted by molar-refractivity contribution is 5.79. The van der Waals surface area contributed by atoms with Gasteiger partial charge in [-0.2, -0.15) is 0 Å². The van der Waals surface area contributed by atoms with Gasteiger partial charge in [-0.25, -0.2) is 4.79 Å². The lowest BCUT2D eigenvalue weighted by atomic mass is 9.86. The molecule has 0 aliphatic heterocycles. The Morgan fingerprint density at radius 2 is 1.43 bits per heavy atom. The van der Waals surface area contributed by atoms with E-state index in [1.54, 1.807) is 36.4 Å². The summed E-state index contributed by atoms with van der Waals surface area (Å²) in [5.41, 5.74) is 3.16. The predicted octanol–water partition coefficient (Wildman–Crippen LogP) is 5.46. The van der Waals surface area contributed by atoms with Gasteiger partial charge in [0.25, 0.3) is 0 Å². The topological polar surface area (TPSA) is 70.0 Å². The minimum absolute atomic E-state index is 0.0561. The highest BCUT2D eigenvalue weighted by atomic mass is 16.5. The van der Waals surface area contributed by atoms with Crippen molar-refractivity contribution in [2.45, 2.75) is 64.8 Å². The van der Waals surface area contributed by atoms with E-state index in [1.165, 1.54) is 0 Å². The van der Waals surface area contributed by atoms with Crippen LogP contribution in [0.2, 0.25) is 0 Å². The van der Waals surface area contributed by atoms with Gasteiger partial charge in [-0.3, -0.25) is 4.90 Å². The van der Waals surface area contributed by atoms with E-state index in [-0.39, 0.29) is 12.5 Å². The molecule has 5 heteroatoms. The number of carbonyl (C=O) groups is 1. The molecule has 0 bridgehead atoms. The van der Waals surface area contributed by atoms with Crippen molar-refractivity contribution in [3.05, 3.63) is 101 Å². The van der Waals surface area contributed by atoms with Crippen LogP contribution in [0, 0.1) is 0 Å². The second kappa shape index (κ2) is 12.6. The second-order valence-electron chi connectivity index (χ2n) is 9.44. The average molecular weight is 476 g/mol. The van der Waals surface area contributed by atoms with E-state index in [0.717, 1.165) is 29.7 Å². The number of carbonyl (C=O) groups excluding carboxylic acids is 1. The molecule has 0 saturated carbocycles. The van der Waals surface area contributed by atoms with Crippen molar-refractivity contribution in [3.63, 3.8) is 0 Å². The van der Waals surface area contributed by atoms with Crippen LogP contribution in [0.4, 0.5) is 0 Å². The molecule has 2 N–H and O–H groups in total. The van der Waals surface area contributed by atoms with Crippen molar-refractivity contribution in [3.8, 4) is 5.75 Å². The fraction of sp³-hybridized carbons (Fsp3) is 0.367. The predicted molar refractivity (Wildman–Crippen MR) is 139 cm³/mol. The van der Waals surface area contributed by atoms with Crippen molar-refractivity contribution in [2.24, 2.45) is 0 Å². The molecule has 0 heterocycles. The summed E-state index contributed by atoms with van der Waals surface area (Å²) in [7, 11) is 0. The second-order valence-corrected chi connectivity index (χ2v) is 9.44. The summed E-state index contributed by atoms with van der Waals surface area (Å²) in [6, 6.07) is 25.1. The Morgan fingerprint density at radius 3 is 1.97 bits per heavy atom. The molecule has 35 heavy (non-hydrogen) atoms. The third-order valence-electron chi connectivity index (χ3n) is 6.39. The molecule has 0 aliphatic carbocycles.